The van der Waals surface area contributed by atoms with Crippen LogP contribution in [0.25, 0.3) is 22.9 Å². The molecule has 0 atom stereocenters. The quantitative estimate of drug-likeness (QED) is 0.479. The number of aromatic nitrogens is 4. The van der Waals surface area contributed by atoms with Crippen LogP contribution in [-0.2, 0) is 6.42 Å². The molecule has 4 heterocycles. The average molecular weight is 412 g/mol. The molecular formula is C24H24N6O. The number of nitrogens with one attached hydrogen (secondary N) is 1. The van der Waals surface area contributed by atoms with Gasteiger partial charge in [0.1, 0.15) is 5.82 Å². The third-order valence-corrected chi connectivity index (χ3v) is 5.56. The maximum absolute atomic E-state index is 9.24. The first kappa shape index (κ1) is 19.3. The number of allylic oxidation sites excluding steroid dienone is 1. The van der Waals surface area contributed by atoms with Crippen molar-refractivity contribution in [3.8, 4) is 11.1 Å². The highest BCUT2D eigenvalue weighted by Gasteiger charge is 2.12. The van der Waals surface area contributed by atoms with Gasteiger partial charge < -0.3 is 19.7 Å². The van der Waals surface area contributed by atoms with Crippen molar-refractivity contribution in [2.24, 2.45) is 0 Å². The number of imidazole rings is 1. The molecule has 7 heteroatoms. The van der Waals surface area contributed by atoms with Crippen molar-refractivity contribution in [2.75, 3.05) is 29.9 Å². The average Bonchev–Trinajstić information content (AvgIpc) is 3.47. The fourth-order valence-corrected chi connectivity index (χ4v) is 3.95. The lowest BCUT2D eigenvalue weighted by atomic mass is 10.1. The molecular weight excluding hydrogens is 388 g/mol. The Kier molecular flexibility index (Phi) is 5.09. The van der Waals surface area contributed by atoms with Crippen LogP contribution in [0, 0.1) is 0 Å². The summed E-state index contributed by atoms with van der Waals surface area (Å²) in [4.78, 5) is 15.8. The van der Waals surface area contributed by atoms with Gasteiger partial charge in [-0.25, -0.2) is 9.97 Å². The van der Waals surface area contributed by atoms with E-state index in [-0.39, 0.29) is 6.61 Å². The fraction of sp³-hybridized carbons (Fsp3) is 0.208. The van der Waals surface area contributed by atoms with Crippen molar-refractivity contribution in [2.45, 2.75) is 13.3 Å². The summed E-state index contributed by atoms with van der Waals surface area (Å²) in [6.07, 6.45) is 14.7. The van der Waals surface area contributed by atoms with Gasteiger partial charge in [0, 0.05) is 49.0 Å². The first-order valence-electron chi connectivity index (χ1n) is 10.5. The second-order valence-electron chi connectivity index (χ2n) is 7.51. The van der Waals surface area contributed by atoms with Gasteiger partial charge in [0.25, 0.3) is 0 Å². The van der Waals surface area contributed by atoms with Crippen molar-refractivity contribution < 1.29 is 5.11 Å². The van der Waals surface area contributed by atoms with Gasteiger partial charge in [0.15, 0.2) is 5.65 Å². The number of pyridine rings is 3. The Morgan fingerprint density at radius 3 is 2.87 bits per heavy atom. The van der Waals surface area contributed by atoms with Crippen LogP contribution < -0.4 is 10.2 Å². The summed E-state index contributed by atoms with van der Waals surface area (Å²) in [6, 6.07) is 8.26. The van der Waals surface area contributed by atoms with Crippen molar-refractivity contribution in [3.05, 3.63) is 72.6 Å². The van der Waals surface area contributed by atoms with Gasteiger partial charge in [-0.05, 0) is 49.2 Å². The first-order chi connectivity index (χ1) is 15.2. The molecule has 7 nitrogen and oxygen atoms in total. The van der Waals surface area contributed by atoms with Gasteiger partial charge >= 0.3 is 0 Å². The minimum atomic E-state index is 0.117. The smallest absolute Gasteiger partial charge is 0.160 e. The van der Waals surface area contributed by atoms with Crippen LogP contribution in [0.5, 0.6) is 0 Å². The lowest BCUT2D eigenvalue weighted by Crippen LogP contribution is -2.26. The molecule has 0 radical (unpaired) electrons. The summed E-state index contributed by atoms with van der Waals surface area (Å²) in [7, 11) is 0. The van der Waals surface area contributed by atoms with E-state index in [0.717, 1.165) is 52.6 Å². The van der Waals surface area contributed by atoms with E-state index >= 15 is 0 Å². The summed E-state index contributed by atoms with van der Waals surface area (Å²) in [6.45, 7) is 3.58. The lowest BCUT2D eigenvalue weighted by Gasteiger charge is -2.21. The van der Waals surface area contributed by atoms with Crippen LogP contribution in [-0.4, -0.2) is 44.2 Å². The summed E-state index contributed by atoms with van der Waals surface area (Å²) in [5, 5.41) is 12.7. The van der Waals surface area contributed by atoms with Crippen LogP contribution in [0.2, 0.25) is 0 Å². The van der Waals surface area contributed by atoms with E-state index in [2.05, 4.69) is 62.6 Å². The van der Waals surface area contributed by atoms with E-state index in [1.165, 1.54) is 5.56 Å². The zero-order valence-electron chi connectivity index (χ0n) is 17.4. The molecule has 1 aliphatic rings. The topological polar surface area (TPSA) is 78.6 Å². The van der Waals surface area contributed by atoms with E-state index < -0.39 is 0 Å². The summed E-state index contributed by atoms with van der Waals surface area (Å²) >= 11 is 0. The number of fused-ring (bicyclic) bond motifs is 2. The molecule has 0 fully saturated rings. The zero-order chi connectivity index (χ0) is 21.2. The normalized spacial score (nSPS) is 12.3. The monoisotopic (exact) mass is 412 g/mol. The largest absolute Gasteiger partial charge is 0.395 e. The van der Waals surface area contributed by atoms with Crippen molar-refractivity contribution in [1.82, 2.24) is 19.4 Å². The zero-order valence-corrected chi connectivity index (χ0v) is 17.4. The number of likely N-dealkylation sites (N-methyl/N-ethyl adjacent to an activating group) is 1. The fourth-order valence-electron chi connectivity index (χ4n) is 3.95. The van der Waals surface area contributed by atoms with Crippen molar-refractivity contribution in [3.63, 3.8) is 0 Å². The third-order valence-electron chi connectivity index (χ3n) is 5.56. The van der Waals surface area contributed by atoms with Crippen LogP contribution in [0.4, 0.5) is 17.2 Å². The number of aliphatic hydroxyl groups excluding tert-OH is 1. The van der Waals surface area contributed by atoms with Gasteiger partial charge in [-0.15, -0.1) is 0 Å². The van der Waals surface area contributed by atoms with E-state index in [1.807, 2.05) is 35.1 Å². The number of aliphatic hydroxyl groups is 1. The summed E-state index contributed by atoms with van der Waals surface area (Å²) in [5.74, 6) is 0.738. The molecule has 0 amide bonds. The Balaban J connectivity index is 1.47. The predicted molar refractivity (Wildman–Crippen MR) is 124 cm³/mol. The number of anilines is 3. The van der Waals surface area contributed by atoms with E-state index in [4.69, 9.17) is 0 Å². The summed E-state index contributed by atoms with van der Waals surface area (Å²) in [5.41, 5.74) is 7.14. The van der Waals surface area contributed by atoms with E-state index in [9.17, 15) is 5.11 Å². The minimum absolute atomic E-state index is 0.117. The number of rotatable bonds is 7. The molecule has 5 rings (SSSR count). The maximum Gasteiger partial charge on any atom is 0.160 e. The SMILES string of the molecule is CCN(CCO)c1ccc(Nc2cc(-c3cnc4c(c3)CC=C4)cn3ccnc23)nc1. The molecule has 0 aromatic carbocycles. The molecule has 0 saturated carbocycles. The standard InChI is InChI=1S/C24H24N6O/c1-2-29(10-11-31)20-6-7-23(27-15-20)28-22-13-19(16-30-9-8-25-24(22)30)18-12-17-4-3-5-21(17)26-14-18/h3,5-9,12-16,31H,2,4,10-11H2,1H3,(H,27,28). The van der Waals surface area contributed by atoms with Gasteiger partial charge in [0.2, 0.25) is 0 Å². The molecule has 0 aliphatic heterocycles. The minimum Gasteiger partial charge on any atom is -0.395 e. The summed E-state index contributed by atoms with van der Waals surface area (Å²) < 4.78 is 2.01. The van der Waals surface area contributed by atoms with Crippen LogP contribution in [0.1, 0.15) is 18.2 Å². The molecule has 1 aliphatic carbocycles. The molecule has 0 spiro atoms. The number of hydrogen-bond donors (Lipinski definition) is 2. The van der Waals surface area contributed by atoms with Crippen molar-refractivity contribution >= 4 is 28.9 Å². The van der Waals surface area contributed by atoms with Gasteiger partial charge in [-0.2, -0.15) is 0 Å². The van der Waals surface area contributed by atoms with Gasteiger partial charge in [-0.3, -0.25) is 4.98 Å². The van der Waals surface area contributed by atoms with E-state index in [0.29, 0.717) is 6.54 Å². The molecule has 0 saturated heterocycles. The highest BCUT2D eigenvalue weighted by Crippen LogP contribution is 2.30. The number of nitrogens with zero attached hydrogens (tertiary/aromatic N) is 5. The number of hydrogen-bond acceptors (Lipinski definition) is 6. The lowest BCUT2D eigenvalue weighted by molar-refractivity contribution is 0.302. The van der Waals surface area contributed by atoms with Gasteiger partial charge in [0.05, 0.1) is 29.9 Å². The van der Waals surface area contributed by atoms with Crippen LogP contribution in [0.15, 0.2) is 61.3 Å². The first-order valence-corrected chi connectivity index (χ1v) is 10.5. The second kappa shape index (κ2) is 8.20. The van der Waals surface area contributed by atoms with Crippen LogP contribution in [0.3, 0.4) is 0 Å². The second-order valence-corrected chi connectivity index (χ2v) is 7.51. The Hall–Kier alpha value is -3.71. The molecule has 31 heavy (non-hydrogen) atoms. The van der Waals surface area contributed by atoms with Gasteiger partial charge in [-0.1, -0.05) is 6.08 Å². The van der Waals surface area contributed by atoms with E-state index in [1.54, 1.807) is 6.20 Å². The Morgan fingerprint density at radius 2 is 2.06 bits per heavy atom. The highest BCUT2D eigenvalue weighted by molar-refractivity contribution is 5.79. The molecule has 4 aromatic heterocycles. The Morgan fingerprint density at radius 1 is 1.13 bits per heavy atom. The maximum atomic E-state index is 9.24. The predicted octanol–water partition coefficient (Wildman–Crippen LogP) is 3.92. The molecule has 0 unspecified atom stereocenters. The van der Waals surface area contributed by atoms with Crippen LogP contribution >= 0.6 is 0 Å². The molecule has 4 aromatic rings. The molecule has 0 bridgehead atoms. The highest BCUT2D eigenvalue weighted by atomic mass is 16.3. The van der Waals surface area contributed by atoms with Crippen molar-refractivity contribution in [1.29, 1.82) is 0 Å². The molecule has 156 valence electrons. The Bertz CT molecular complexity index is 1240. The third kappa shape index (κ3) is 3.75. The Labute approximate surface area is 180 Å². The molecule has 2 N–H and O–H groups in total.